The van der Waals surface area contributed by atoms with Crippen molar-refractivity contribution in [2.75, 3.05) is 13.2 Å². The lowest BCUT2D eigenvalue weighted by Gasteiger charge is -2.20. The van der Waals surface area contributed by atoms with Crippen molar-refractivity contribution >= 4 is 23.4 Å². The fourth-order valence-electron chi connectivity index (χ4n) is 3.70. The molecule has 4 rings (SSSR count). The summed E-state index contributed by atoms with van der Waals surface area (Å²) in [6.07, 6.45) is 0.0106. The normalized spacial score (nSPS) is 10.6. The Morgan fingerprint density at radius 2 is 1.59 bits per heavy atom. The van der Waals surface area contributed by atoms with Gasteiger partial charge in [0, 0.05) is 23.4 Å². The molecule has 0 atom stereocenters. The Kier molecular flexibility index (Phi) is 8.89. The topological polar surface area (TPSA) is 89.0 Å². The second kappa shape index (κ2) is 12.7. The first-order valence-electron chi connectivity index (χ1n) is 11.9. The largest absolute Gasteiger partial charge is 0.493 e. The van der Waals surface area contributed by atoms with Crippen LogP contribution in [0.2, 0.25) is 0 Å². The third kappa shape index (κ3) is 7.65. The van der Waals surface area contributed by atoms with Crippen molar-refractivity contribution in [2.45, 2.75) is 26.5 Å². The number of aliphatic carboxylic acids is 1. The molecule has 0 unspecified atom stereocenters. The minimum Gasteiger partial charge on any atom is -0.493 e. The summed E-state index contributed by atoms with van der Waals surface area (Å²) in [5, 5.41) is 10.2. The van der Waals surface area contributed by atoms with Crippen LogP contribution in [0, 0.1) is 6.92 Å². The SMILES string of the molecule is Cc1sc(-c2ccccc2)nc1CCOc1ccc(CN(CC(=O)O)C(=O)OCc2ccccc2)cc1. The van der Waals surface area contributed by atoms with Gasteiger partial charge in [-0.05, 0) is 30.2 Å². The summed E-state index contributed by atoms with van der Waals surface area (Å²) in [6.45, 7) is 2.29. The molecular formula is C29H28N2O5S. The van der Waals surface area contributed by atoms with E-state index in [1.807, 2.05) is 72.8 Å². The van der Waals surface area contributed by atoms with E-state index in [4.69, 9.17) is 14.5 Å². The van der Waals surface area contributed by atoms with Gasteiger partial charge in [-0.15, -0.1) is 11.3 Å². The summed E-state index contributed by atoms with van der Waals surface area (Å²) in [6, 6.07) is 26.6. The Morgan fingerprint density at radius 3 is 2.27 bits per heavy atom. The molecule has 0 aliphatic carbocycles. The molecule has 1 N–H and O–H groups in total. The lowest BCUT2D eigenvalue weighted by Crippen LogP contribution is -2.35. The number of hydrogen-bond acceptors (Lipinski definition) is 6. The summed E-state index contributed by atoms with van der Waals surface area (Å²) in [5.41, 5.74) is 3.74. The second-order valence-electron chi connectivity index (χ2n) is 8.42. The van der Waals surface area contributed by atoms with Crippen molar-refractivity contribution in [3.05, 3.63) is 107 Å². The standard InChI is InChI=1S/C29H28N2O5S/c1-21-26(30-28(37-21)24-10-6-3-7-11-24)16-17-35-25-14-12-22(13-15-25)18-31(19-27(32)33)29(34)36-20-23-8-4-2-5-9-23/h2-15H,16-20H2,1H3,(H,32,33). The van der Waals surface area contributed by atoms with E-state index in [1.165, 1.54) is 4.88 Å². The van der Waals surface area contributed by atoms with Crippen molar-refractivity contribution in [3.8, 4) is 16.3 Å². The highest BCUT2D eigenvalue weighted by atomic mass is 32.1. The second-order valence-corrected chi connectivity index (χ2v) is 9.62. The van der Waals surface area contributed by atoms with Gasteiger partial charge in [-0.1, -0.05) is 72.8 Å². The van der Waals surface area contributed by atoms with Crippen LogP contribution in [0.15, 0.2) is 84.9 Å². The molecule has 0 saturated heterocycles. The summed E-state index contributed by atoms with van der Waals surface area (Å²) in [7, 11) is 0. The van der Waals surface area contributed by atoms with E-state index in [-0.39, 0.29) is 13.2 Å². The average Bonchev–Trinajstić information content (AvgIpc) is 3.29. The predicted octanol–water partition coefficient (Wildman–Crippen LogP) is 5.96. The van der Waals surface area contributed by atoms with Crippen LogP contribution in [0.3, 0.4) is 0 Å². The molecule has 0 aliphatic heterocycles. The zero-order valence-electron chi connectivity index (χ0n) is 20.5. The van der Waals surface area contributed by atoms with Crippen molar-refractivity contribution < 1.29 is 24.2 Å². The monoisotopic (exact) mass is 516 g/mol. The first kappa shape index (κ1) is 25.9. The highest BCUT2D eigenvalue weighted by molar-refractivity contribution is 7.15. The number of carbonyl (C=O) groups excluding carboxylic acids is 1. The van der Waals surface area contributed by atoms with E-state index in [9.17, 15) is 14.7 Å². The first-order chi connectivity index (χ1) is 18.0. The van der Waals surface area contributed by atoms with Crippen LogP contribution >= 0.6 is 11.3 Å². The third-order valence-electron chi connectivity index (χ3n) is 5.61. The van der Waals surface area contributed by atoms with Crippen molar-refractivity contribution in [3.63, 3.8) is 0 Å². The Balaban J connectivity index is 1.29. The number of amides is 1. The number of carbonyl (C=O) groups is 2. The lowest BCUT2D eigenvalue weighted by atomic mass is 10.2. The maximum absolute atomic E-state index is 12.5. The summed E-state index contributed by atoms with van der Waals surface area (Å²) >= 11 is 1.68. The molecular weight excluding hydrogens is 488 g/mol. The molecule has 1 aromatic heterocycles. The number of hydrogen-bond donors (Lipinski definition) is 1. The quantitative estimate of drug-likeness (QED) is 0.264. The molecule has 0 bridgehead atoms. The van der Waals surface area contributed by atoms with Crippen molar-refractivity contribution in [2.24, 2.45) is 0 Å². The number of aromatic nitrogens is 1. The van der Waals surface area contributed by atoms with Gasteiger partial charge >= 0.3 is 12.1 Å². The maximum Gasteiger partial charge on any atom is 0.410 e. The fraction of sp³-hybridized carbons (Fsp3) is 0.207. The zero-order chi connectivity index (χ0) is 26.0. The Bertz CT molecular complexity index is 1310. The van der Waals surface area contributed by atoms with Gasteiger partial charge in [-0.3, -0.25) is 9.69 Å². The van der Waals surface area contributed by atoms with E-state index < -0.39 is 18.6 Å². The summed E-state index contributed by atoms with van der Waals surface area (Å²) < 4.78 is 11.2. The van der Waals surface area contributed by atoms with Crippen LogP contribution in [0.4, 0.5) is 4.79 Å². The minimum atomic E-state index is -1.11. The third-order valence-corrected chi connectivity index (χ3v) is 6.67. The molecule has 37 heavy (non-hydrogen) atoms. The number of carboxylic acids is 1. The minimum absolute atomic E-state index is 0.0773. The fourth-order valence-corrected chi connectivity index (χ4v) is 4.67. The van der Waals surface area contributed by atoms with Crippen molar-refractivity contribution in [1.29, 1.82) is 0 Å². The van der Waals surface area contributed by atoms with Gasteiger partial charge in [0.1, 0.15) is 23.9 Å². The number of thiazole rings is 1. The van der Waals surface area contributed by atoms with Crippen LogP contribution in [0.1, 0.15) is 21.7 Å². The molecule has 3 aromatic carbocycles. The molecule has 8 heteroatoms. The van der Waals surface area contributed by atoms with Crippen LogP contribution in [0.25, 0.3) is 10.6 Å². The lowest BCUT2D eigenvalue weighted by molar-refractivity contribution is -0.138. The Morgan fingerprint density at radius 1 is 0.919 bits per heavy atom. The number of aryl methyl sites for hydroxylation is 1. The molecule has 0 aliphatic rings. The molecule has 0 saturated carbocycles. The van der Waals surface area contributed by atoms with E-state index in [0.29, 0.717) is 18.8 Å². The smallest absolute Gasteiger partial charge is 0.410 e. The molecule has 0 fully saturated rings. The maximum atomic E-state index is 12.5. The van der Waals surface area contributed by atoms with Crippen LogP contribution in [0.5, 0.6) is 5.75 Å². The molecule has 0 spiro atoms. The number of ether oxygens (including phenoxy) is 2. The first-order valence-corrected chi connectivity index (χ1v) is 12.7. The molecule has 4 aromatic rings. The van der Waals surface area contributed by atoms with Crippen LogP contribution in [-0.2, 0) is 29.1 Å². The van der Waals surface area contributed by atoms with Crippen LogP contribution in [-0.4, -0.2) is 40.2 Å². The van der Waals surface area contributed by atoms with E-state index in [1.54, 1.807) is 11.3 Å². The van der Waals surface area contributed by atoms with E-state index in [0.717, 1.165) is 32.3 Å². The van der Waals surface area contributed by atoms with Gasteiger partial charge in [0.15, 0.2) is 0 Å². The zero-order valence-corrected chi connectivity index (χ0v) is 21.3. The van der Waals surface area contributed by atoms with Gasteiger partial charge < -0.3 is 14.6 Å². The van der Waals surface area contributed by atoms with Gasteiger partial charge in [-0.2, -0.15) is 0 Å². The van der Waals surface area contributed by atoms with Crippen molar-refractivity contribution in [1.82, 2.24) is 9.88 Å². The molecule has 7 nitrogen and oxygen atoms in total. The highest BCUT2D eigenvalue weighted by Gasteiger charge is 2.19. The average molecular weight is 517 g/mol. The molecule has 0 radical (unpaired) electrons. The number of carboxylic acid groups (broad SMARTS) is 1. The Hall–Kier alpha value is -4.17. The van der Waals surface area contributed by atoms with Gasteiger partial charge in [0.05, 0.1) is 12.3 Å². The van der Waals surface area contributed by atoms with E-state index >= 15 is 0 Å². The van der Waals surface area contributed by atoms with Gasteiger partial charge in [0.2, 0.25) is 0 Å². The summed E-state index contributed by atoms with van der Waals surface area (Å²) in [5.74, 6) is -0.416. The van der Waals surface area contributed by atoms with Gasteiger partial charge in [-0.25, -0.2) is 9.78 Å². The van der Waals surface area contributed by atoms with Crippen LogP contribution < -0.4 is 4.74 Å². The number of rotatable bonds is 11. The number of benzene rings is 3. The highest BCUT2D eigenvalue weighted by Crippen LogP contribution is 2.27. The number of nitrogens with zero attached hydrogens (tertiary/aromatic N) is 2. The molecule has 190 valence electrons. The van der Waals surface area contributed by atoms with E-state index in [2.05, 4.69) is 19.1 Å². The predicted molar refractivity (Wildman–Crippen MR) is 143 cm³/mol. The Labute approximate surface area is 219 Å². The molecule has 1 amide bonds. The molecule has 1 heterocycles. The van der Waals surface area contributed by atoms with Gasteiger partial charge in [0.25, 0.3) is 0 Å². The summed E-state index contributed by atoms with van der Waals surface area (Å²) in [4.78, 5) is 30.9.